The highest BCUT2D eigenvalue weighted by Gasteiger charge is 2.30. The summed E-state index contributed by atoms with van der Waals surface area (Å²) in [4.78, 5) is 18.4. The molecule has 1 aliphatic heterocycles. The van der Waals surface area contributed by atoms with E-state index in [9.17, 15) is 4.79 Å². The Morgan fingerprint density at radius 1 is 0.920 bits per heavy atom. The fraction of sp³-hybridized carbons (Fsp3) is 0.405. The van der Waals surface area contributed by atoms with Crippen LogP contribution in [-0.2, 0) is 12.0 Å². The highest BCUT2D eigenvalue weighted by atomic mass is 35.5. The number of pyridine rings is 1. The Morgan fingerprint density at radius 2 is 1.66 bits per heavy atom. The van der Waals surface area contributed by atoms with Crippen LogP contribution in [0.5, 0.6) is 5.75 Å². The maximum Gasteiger partial charge on any atom is 0.320 e. The molecule has 2 N–H and O–H groups in total. The number of carbonyl (C=O) groups is 1. The van der Waals surface area contributed by atoms with Crippen molar-refractivity contribution < 1.29 is 9.53 Å². The Balaban J connectivity index is 1.06. The van der Waals surface area contributed by atoms with Crippen LogP contribution in [0.15, 0.2) is 66.9 Å². The first kappa shape index (κ1) is 34.3. The summed E-state index contributed by atoms with van der Waals surface area (Å²) in [5, 5.41) is 20.9. The molecule has 1 aliphatic carbocycles. The number of amides is 2. The monoisotopic (exact) mass is 715 g/mol. The maximum absolute atomic E-state index is 13.6. The number of anilines is 1. The highest BCUT2D eigenvalue weighted by Crippen LogP contribution is 2.40. The number of benzene rings is 2. The third kappa shape index (κ3) is 7.32. The number of aromatic nitrogens is 5. The molecular formula is C37H43Cl2N9O2. The lowest BCUT2D eigenvalue weighted by Crippen LogP contribution is -2.45. The van der Waals surface area contributed by atoms with Crippen molar-refractivity contribution in [2.24, 2.45) is 0 Å². The molecule has 0 bridgehead atoms. The van der Waals surface area contributed by atoms with Gasteiger partial charge >= 0.3 is 6.03 Å². The third-order valence-corrected chi connectivity index (χ3v) is 10.2. The molecule has 2 aromatic carbocycles. The quantitative estimate of drug-likeness (QED) is 0.175. The van der Waals surface area contributed by atoms with Gasteiger partial charge in [0.1, 0.15) is 17.7 Å². The molecule has 50 heavy (non-hydrogen) atoms. The number of urea groups is 1. The standard InChI is InChI=1S/C37H43Cl2N9O2/c1-37(2,3)31-22-33(48(44-31)21-20-46-18-16-45(4)17-19-46)41-36(49)40-29-13-14-30(26-9-6-5-8-25(26)29)50-24-12-15-32-42-43-35(47(32)23-24)34-27(38)10-7-11-28(34)39/h5-12,15,22-23,29-30H,13-14,16-21H2,1-4H3,(H2,40,41,49)/t29-,30+/m0/s1. The normalized spacial score (nSPS) is 18.6. The minimum atomic E-state index is -0.255. The van der Waals surface area contributed by atoms with Crippen molar-refractivity contribution >= 4 is 40.7 Å². The lowest BCUT2D eigenvalue weighted by molar-refractivity contribution is 0.149. The number of carbonyl (C=O) groups excluding carboxylic acids is 1. The van der Waals surface area contributed by atoms with E-state index in [1.807, 2.05) is 45.6 Å². The molecule has 0 saturated carbocycles. The molecule has 5 aromatic rings. The van der Waals surface area contributed by atoms with E-state index in [0.717, 1.165) is 49.5 Å². The molecule has 2 amide bonds. The number of hydrogen-bond donors (Lipinski definition) is 2. The van der Waals surface area contributed by atoms with Gasteiger partial charge in [0.25, 0.3) is 0 Å². The molecule has 3 aromatic heterocycles. The summed E-state index contributed by atoms with van der Waals surface area (Å²) >= 11 is 13.0. The largest absolute Gasteiger partial charge is 0.484 e. The van der Waals surface area contributed by atoms with E-state index in [2.05, 4.69) is 70.6 Å². The van der Waals surface area contributed by atoms with Gasteiger partial charge in [-0.05, 0) is 55.3 Å². The van der Waals surface area contributed by atoms with Gasteiger partial charge in [-0.15, -0.1) is 10.2 Å². The molecule has 11 nitrogen and oxygen atoms in total. The minimum Gasteiger partial charge on any atom is -0.484 e. The molecule has 2 atom stereocenters. The van der Waals surface area contributed by atoms with Crippen LogP contribution in [0.4, 0.5) is 10.6 Å². The second kappa shape index (κ2) is 14.2. The third-order valence-electron chi connectivity index (χ3n) is 9.59. The zero-order valence-electron chi connectivity index (χ0n) is 28.9. The topological polar surface area (TPSA) is 105 Å². The lowest BCUT2D eigenvalue weighted by atomic mass is 9.85. The minimum absolute atomic E-state index is 0.147. The predicted molar refractivity (Wildman–Crippen MR) is 197 cm³/mol. The number of likely N-dealkylation sites (N-methyl/N-ethyl adjacent to an activating group) is 1. The molecular weight excluding hydrogens is 673 g/mol. The van der Waals surface area contributed by atoms with Gasteiger partial charge in [-0.2, -0.15) is 5.10 Å². The first-order valence-electron chi connectivity index (χ1n) is 17.1. The second-order valence-corrected chi connectivity index (χ2v) is 15.0. The summed E-state index contributed by atoms with van der Waals surface area (Å²) in [5.41, 5.74) is 4.13. The van der Waals surface area contributed by atoms with Crippen molar-refractivity contribution in [3.63, 3.8) is 0 Å². The van der Waals surface area contributed by atoms with E-state index in [-0.39, 0.29) is 23.6 Å². The predicted octanol–water partition coefficient (Wildman–Crippen LogP) is 7.22. The number of rotatable bonds is 8. The van der Waals surface area contributed by atoms with E-state index >= 15 is 0 Å². The number of piperazine rings is 1. The van der Waals surface area contributed by atoms with Crippen LogP contribution >= 0.6 is 23.2 Å². The summed E-state index contributed by atoms with van der Waals surface area (Å²) in [7, 11) is 2.16. The average Bonchev–Trinajstić information content (AvgIpc) is 3.69. The van der Waals surface area contributed by atoms with Crippen LogP contribution < -0.4 is 15.4 Å². The van der Waals surface area contributed by atoms with E-state index in [1.54, 1.807) is 18.2 Å². The smallest absolute Gasteiger partial charge is 0.320 e. The van der Waals surface area contributed by atoms with Gasteiger partial charge in [0.15, 0.2) is 11.5 Å². The summed E-state index contributed by atoms with van der Waals surface area (Å²) in [6, 6.07) is 18.8. The van der Waals surface area contributed by atoms with Crippen molar-refractivity contribution in [2.45, 2.75) is 57.7 Å². The molecule has 0 spiro atoms. The molecule has 13 heteroatoms. The van der Waals surface area contributed by atoms with Crippen LogP contribution in [0.2, 0.25) is 10.0 Å². The molecule has 0 unspecified atom stereocenters. The number of nitrogens with one attached hydrogen (secondary N) is 2. The fourth-order valence-corrected chi connectivity index (χ4v) is 7.25. The summed E-state index contributed by atoms with van der Waals surface area (Å²) in [6.45, 7) is 12.2. The van der Waals surface area contributed by atoms with Gasteiger partial charge in [-0.25, -0.2) is 9.48 Å². The zero-order chi connectivity index (χ0) is 35.0. The molecule has 1 fully saturated rings. The molecule has 0 radical (unpaired) electrons. The summed E-state index contributed by atoms with van der Waals surface area (Å²) < 4.78 is 10.4. The first-order chi connectivity index (χ1) is 24.0. The Hall–Kier alpha value is -4.16. The molecule has 1 saturated heterocycles. The van der Waals surface area contributed by atoms with Gasteiger partial charge in [-0.1, -0.05) is 74.3 Å². The van der Waals surface area contributed by atoms with Crippen LogP contribution in [0.1, 0.15) is 62.6 Å². The van der Waals surface area contributed by atoms with Gasteiger partial charge in [0.05, 0.1) is 40.1 Å². The summed E-state index contributed by atoms with van der Waals surface area (Å²) in [6.07, 6.45) is 3.07. The summed E-state index contributed by atoms with van der Waals surface area (Å²) in [5.74, 6) is 1.90. The van der Waals surface area contributed by atoms with Gasteiger partial charge in [0.2, 0.25) is 0 Å². The van der Waals surface area contributed by atoms with Gasteiger partial charge < -0.3 is 15.0 Å². The van der Waals surface area contributed by atoms with E-state index < -0.39 is 0 Å². The van der Waals surface area contributed by atoms with Crippen molar-refractivity contribution in [1.29, 1.82) is 0 Å². The molecule has 7 rings (SSSR count). The molecule has 262 valence electrons. The zero-order valence-corrected chi connectivity index (χ0v) is 30.4. The number of fused-ring (bicyclic) bond motifs is 2. The van der Waals surface area contributed by atoms with Gasteiger partial charge in [-0.3, -0.25) is 14.6 Å². The Kier molecular flexibility index (Phi) is 9.76. The molecule has 2 aliphatic rings. The Bertz CT molecular complexity index is 1970. The van der Waals surface area contributed by atoms with Crippen molar-refractivity contribution in [2.75, 3.05) is 45.1 Å². The van der Waals surface area contributed by atoms with Crippen LogP contribution in [0.3, 0.4) is 0 Å². The fourth-order valence-electron chi connectivity index (χ4n) is 6.68. The Labute approximate surface area is 302 Å². The Morgan fingerprint density at radius 3 is 2.40 bits per heavy atom. The number of nitrogens with zero attached hydrogens (tertiary/aromatic N) is 7. The number of ether oxygens (including phenoxy) is 1. The average molecular weight is 717 g/mol. The van der Waals surface area contributed by atoms with Crippen molar-refractivity contribution in [3.05, 3.63) is 93.7 Å². The van der Waals surface area contributed by atoms with Crippen LogP contribution in [-0.4, -0.2) is 80.0 Å². The lowest BCUT2D eigenvalue weighted by Gasteiger charge is -2.32. The van der Waals surface area contributed by atoms with Crippen LogP contribution in [0, 0.1) is 0 Å². The SMILES string of the molecule is CN1CCN(CCn2nc(C(C)(C)C)cc2NC(=O)N[C@H]2CC[C@@H](Oc3ccc4nnc(-c5c(Cl)cccc5Cl)n4c3)c3ccccc32)CC1. The van der Waals surface area contributed by atoms with E-state index in [4.69, 9.17) is 33.0 Å². The first-order valence-corrected chi connectivity index (χ1v) is 17.9. The van der Waals surface area contributed by atoms with Crippen molar-refractivity contribution in [1.82, 2.24) is 39.5 Å². The highest BCUT2D eigenvalue weighted by molar-refractivity contribution is 6.39. The number of hydrogen-bond acceptors (Lipinski definition) is 7. The van der Waals surface area contributed by atoms with Crippen LogP contribution in [0.25, 0.3) is 17.0 Å². The maximum atomic E-state index is 13.6. The van der Waals surface area contributed by atoms with E-state index in [1.165, 1.54) is 0 Å². The molecule has 4 heterocycles. The van der Waals surface area contributed by atoms with Gasteiger partial charge in [0, 0.05) is 44.2 Å². The second-order valence-electron chi connectivity index (χ2n) is 14.2. The number of halogens is 2. The van der Waals surface area contributed by atoms with E-state index in [0.29, 0.717) is 58.0 Å². The van der Waals surface area contributed by atoms with Crippen molar-refractivity contribution in [3.8, 4) is 17.1 Å².